The molecule has 1 aliphatic rings. The molecule has 0 saturated heterocycles. The molecule has 38 heavy (non-hydrogen) atoms. The van der Waals surface area contributed by atoms with Gasteiger partial charge in [-0.15, -0.1) is 0 Å². The van der Waals surface area contributed by atoms with Crippen LogP contribution in [0.4, 0.5) is 0 Å². The maximum absolute atomic E-state index is 13.1. The molecule has 0 spiro atoms. The van der Waals surface area contributed by atoms with Gasteiger partial charge in [-0.1, -0.05) is 146 Å². The van der Waals surface area contributed by atoms with Crippen molar-refractivity contribution in [2.45, 2.75) is 129 Å². The van der Waals surface area contributed by atoms with Crippen LogP contribution in [0.2, 0.25) is 0 Å². The fourth-order valence-electron chi connectivity index (χ4n) is 5.69. The lowest BCUT2D eigenvalue weighted by Gasteiger charge is -2.36. The number of aliphatic hydroxyl groups is 1. The SMILES string of the molecule is CCCCCCCCCCCCCCN(CC)CC#CCOC(=O)C(O)(c1ccccc1)C1CCCCC1. The van der Waals surface area contributed by atoms with Crippen LogP contribution in [0.15, 0.2) is 30.3 Å². The maximum Gasteiger partial charge on any atom is 0.344 e. The number of hydrogen-bond acceptors (Lipinski definition) is 4. The number of nitrogens with zero attached hydrogens (tertiary/aromatic N) is 1. The third-order valence-corrected chi connectivity index (χ3v) is 8.20. The third kappa shape index (κ3) is 11.9. The van der Waals surface area contributed by atoms with Gasteiger partial charge in [0.15, 0.2) is 12.2 Å². The van der Waals surface area contributed by atoms with Gasteiger partial charge in [0.2, 0.25) is 0 Å². The molecule has 0 radical (unpaired) electrons. The second-order valence-corrected chi connectivity index (χ2v) is 11.2. The molecular formula is C34H55NO3. The first-order chi connectivity index (χ1) is 18.6. The molecular weight excluding hydrogens is 470 g/mol. The minimum atomic E-state index is -1.59. The summed E-state index contributed by atoms with van der Waals surface area (Å²) in [7, 11) is 0. The van der Waals surface area contributed by atoms with E-state index < -0.39 is 11.6 Å². The molecule has 1 saturated carbocycles. The summed E-state index contributed by atoms with van der Waals surface area (Å²) in [5.41, 5.74) is -0.961. The number of carbonyl (C=O) groups excluding carboxylic acids is 1. The highest BCUT2D eigenvalue weighted by Crippen LogP contribution is 2.40. The lowest BCUT2D eigenvalue weighted by molar-refractivity contribution is -0.174. The van der Waals surface area contributed by atoms with Gasteiger partial charge >= 0.3 is 5.97 Å². The van der Waals surface area contributed by atoms with Crippen LogP contribution in [0.1, 0.15) is 129 Å². The number of carbonyl (C=O) groups is 1. The van der Waals surface area contributed by atoms with Crippen molar-refractivity contribution in [3.8, 4) is 11.8 Å². The highest BCUT2D eigenvalue weighted by Gasteiger charge is 2.47. The monoisotopic (exact) mass is 525 g/mol. The van der Waals surface area contributed by atoms with Gasteiger partial charge < -0.3 is 9.84 Å². The second kappa shape index (κ2) is 20.1. The molecule has 1 aliphatic carbocycles. The van der Waals surface area contributed by atoms with E-state index in [2.05, 4.69) is 30.6 Å². The van der Waals surface area contributed by atoms with Gasteiger partial charge in [-0.2, -0.15) is 0 Å². The molecule has 4 nitrogen and oxygen atoms in total. The summed E-state index contributed by atoms with van der Waals surface area (Å²) in [6, 6.07) is 9.29. The molecule has 0 aromatic heterocycles. The van der Waals surface area contributed by atoms with Crippen LogP contribution in [0.3, 0.4) is 0 Å². The summed E-state index contributed by atoms with van der Waals surface area (Å²) in [4.78, 5) is 15.5. The third-order valence-electron chi connectivity index (χ3n) is 8.20. The second-order valence-electron chi connectivity index (χ2n) is 11.2. The minimum Gasteiger partial charge on any atom is -0.450 e. The van der Waals surface area contributed by atoms with Crippen molar-refractivity contribution in [1.82, 2.24) is 4.90 Å². The summed E-state index contributed by atoms with van der Waals surface area (Å²) >= 11 is 0. The summed E-state index contributed by atoms with van der Waals surface area (Å²) in [5.74, 6) is 5.51. The quantitative estimate of drug-likeness (QED) is 0.113. The van der Waals surface area contributed by atoms with Gasteiger partial charge in [-0.3, -0.25) is 4.90 Å². The Hall–Kier alpha value is -1.83. The van der Waals surface area contributed by atoms with Gasteiger partial charge in [-0.25, -0.2) is 4.79 Å². The van der Waals surface area contributed by atoms with Gasteiger partial charge in [-0.05, 0) is 37.9 Å². The van der Waals surface area contributed by atoms with Gasteiger partial charge in [0.25, 0.3) is 0 Å². The predicted octanol–water partition coefficient (Wildman–Crippen LogP) is 8.02. The zero-order valence-corrected chi connectivity index (χ0v) is 24.5. The number of hydrogen-bond donors (Lipinski definition) is 1. The van der Waals surface area contributed by atoms with Crippen molar-refractivity contribution in [3.63, 3.8) is 0 Å². The first-order valence-corrected chi connectivity index (χ1v) is 15.8. The van der Waals surface area contributed by atoms with E-state index in [-0.39, 0.29) is 12.5 Å². The molecule has 1 aromatic carbocycles. The maximum atomic E-state index is 13.1. The number of esters is 1. The van der Waals surface area contributed by atoms with Crippen LogP contribution in [-0.2, 0) is 15.1 Å². The highest BCUT2D eigenvalue weighted by molar-refractivity contribution is 5.81. The zero-order valence-electron chi connectivity index (χ0n) is 24.5. The average molecular weight is 526 g/mol. The molecule has 1 fully saturated rings. The number of ether oxygens (including phenoxy) is 1. The van der Waals surface area contributed by atoms with Gasteiger partial charge in [0.1, 0.15) is 0 Å². The molecule has 2 rings (SSSR count). The smallest absolute Gasteiger partial charge is 0.344 e. The summed E-state index contributed by atoms with van der Waals surface area (Å²) < 4.78 is 5.53. The standard InChI is InChI=1S/C34H55NO3/c1-3-5-6-7-8-9-10-11-12-13-14-21-28-35(4-2)29-22-23-30-38-33(36)34(37,31-24-17-15-18-25-31)32-26-19-16-20-27-32/h15,17-18,24-25,32,37H,3-14,16,19-21,26-30H2,1-2H3. The van der Waals surface area contributed by atoms with Crippen molar-refractivity contribution in [1.29, 1.82) is 0 Å². The Morgan fingerprint density at radius 1 is 0.868 bits per heavy atom. The Morgan fingerprint density at radius 2 is 1.45 bits per heavy atom. The van der Waals surface area contributed by atoms with Crippen molar-refractivity contribution < 1.29 is 14.6 Å². The predicted molar refractivity (Wildman–Crippen MR) is 159 cm³/mol. The number of unbranched alkanes of at least 4 members (excludes halogenated alkanes) is 11. The molecule has 1 aromatic rings. The molecule has 4 heteroatoms. The molecule has 1 atom stereocenters. The van der Waals surface area contributed by atoms with E-state index in [0.29, 0.717) is 12.1 Å². The Bertz CT molecular complexity index is 793. The van der Waals surface area contributed by atoms with Crippen LogP contribution >= 0.6 is 0 Å². The Morgan fingerprint density at radius 3 is 2.03 bits per heavy atom. The van der Waals surface area contributed by atoms with Crippen molar-refractivity contribution in [2.24, 2.45) is 5.92 Å². The number of benzene rings is 1. The zero-order chi connectivity index (χ0) is 27.3. The molecule has 1 N–H and O–H groups in total. The fraction of sp³-hybridized carbons (Fsp3) is 0.735. The van der Waals surface area contributed by atoms with E-state index in [0.717, 1.165) is 45.2 Å². The van der Waals surface area contributed by atoms with E-state index in [1.165, 1.54) is 77.0 Å². The Balaban J connectivity index is 1.64. The largest absolute Gasteiger partial charge is 0.450 e. The van der Waals surface area contributed by atoms with Gasteiger partial charge in [0.05, 0.1) is 6.54 Å². The molecule has 0 bridgehead atoms. The minimum absolute atomic E-state index is 0.0247. The van der Waals surface area contributed by atoms with Crippen LogP contribution < -0.4 is 0 Å². The van der Waals surface area contributed by atoms with Crippen LogP contribution in [0.5, 0.6) is 0 Å². The van der Waals surface area contributed by atoms with Crippen LogP contribution in [0, 0.1) is 17.8 Å². The summed E-state index contributed by atoms with van der Waals surface area (Å²) in [5, 5.41) is 11.6. The Kier molecular flexibility index (Phi) is 17.2. The van der Waals surface area contributed by atoms with E-state index in [1.807, 2.05) is 30.3 Å². The number of rotatable bonds is 19. The van der Waals surface area contributed by atoms with E-state index in [4.69, 9.17) is 4.74 Å². The van der Waals surface area contributed by atoms with Crippen molar-refractivity contribution in [2.75, 3.05) is 26.2 Å². The summed E-state index contributed by atoms with van der Waals surface area (Å²) in [6.07, 6.45) is 21.3. The highest BCUT2D eigenvalue weighted by atomic mass is 16.5. The summed E-state index contributed by atoms with van der Waals surface area (Å²) in [6.45, 7) is 7.21. The van der Waals surface area contributed by atoms with Crippen molar-refractivity contribution in [3.05, 3.63) is 35.9 Å². The fourth-order valence-corrected chi connectivity index (χ4v) is 5.69. The average Bonchev–Trinajstić information content (AvgIpc) is 2.96. The molecule has 0 heterocycles. The van der Waals surface area contributed by atoms with E-state index in [9.17, 15) is 9.90 Å². The lowest BCUT2D eigenvalue weighted by Crippen LogP contribution is -2.45. The van der Waals surface area contributed by atoms with Crippen molar-refractivity contribution >= 4 is 5.97 Å². The topological polar surface area (TPSA) is 49.8 Å². The first-order valence-electron chi connectivity index (χ1n) is 15.8. The van der Waals surface area contributed by atoms with Crippen LogP contribution in [0.25, 0.3) is 0 Å². The molecule has 214 valence electrons. The molecule has 1 unspecified atom stereocenters. The normalized spacial score (nSPS) is 15.6. The first kappa shape index (κ1) is 32.4. The molecule has 0 amide bonds. The van der Waals surface area contributed by atoms with E-state index in [1.54, 1.807) is 0 Å². The lowest BCUT2D eigenvalue weighted by atomic mass is 9.73. The Labute approximate surface area is 233 Å². The van der Waals surface area contributed by atoms with Gasteiger partial charge in [0, 0.05) is 5.92 Å². The molecule has 0 aliphatic heterocycles. The van der Waals surface area contributed by atoms with E-state index >= 15 is 0 Å². The van der Waals surface area contributed by atoms with Crippen LogP contribution in [-0.4, -0.2) is 42.2 Å².